The highest BCUT2D eigenvalue weighted by molar-refractivity contribution is 6.03. The number of esters is 2. The minimum Gasteiger partial charge on any atom is -0.465 e. The van der Waals surface area contributed by atoms with E-state index in [1.807, 2.05) is 0 Å². The van der Waals surface area contributed by atoms with Crippen LogP contribution < -0.4 is 5.76 Å². The molecule has 1 atom stereocenters. The molecule has 9 nitrogen and oxygen atoms in total. The average molecular weight is 414 g/mol. The van der Waals surface area contributed by atoms with Crippen molar-refractivity contribution in [3.05, 3.63) is 57.3 Å². The van der Waals surface area contributed by atoms with Crippen molar-refractivity contribution in [3.63, 3.8) is 0 Å². The first kappa shape index (κ1) is 21.1. The maximum absolute atomic E-state index is 12.7. The fourth-order valence-corrected chi connectivity index (χ4v) is 3.35. The number of nitrogens with one attached hydrogen (secondary N) is 1. The highest BCUT2D eigenvalue weighted by atomic mass is 16.5. The summed E-state index contributed by atoms with van der Waals surface area (Å²) in [6.45, 7) is 4.78. The lowest BCUT2D eigenvalue weighted by Gasteiger charge is -2.12. The number of oxazole rings is 1. The van der Waals surface area contributed by atoms with E-state index in [0.29, 0.717) is 22.4 Å². The number of aromatic amines is 1. The highest BCUT2D eigenvalue weighted by Crippen LogP contribution is 2.21. The number of carbonyl (C=O) groups is 3. The third-order valence-corrected chi connectivity index (χ3v) is 4.86. The summed E-state index contributed by atoms with van der Waals surface area (Å²) in [6, 6.07) is 6.88. The second kappa shape index (κ2) is 8.40. The third-order valence-electron chi connectivity index (χ3n) is 4.86. The van der Waals surface area contributed by atoms with Gasteiger partial charge in [-0.3, -0.25) is 14.2 Å². The van der Waals surface area contributed by atoms with Gasteiger partial charge in [0.1, 0.15) is 0 Å². The van der Waals surface area contributed by atoms with Crippen molar-refractivity contribution in [2.24, 2.45) is 0 Å². The molecule has 0 aliphatic rings. The first-order valence-electron chi connectivity index (χ1n) is 9.34. The van der Waals surface area contributed by atoms with Crippen molar-refractivity contribution in [1.82, 2.24) is 9.55 Å². The number of nitrogens with zero attached hydrogens (tertiary/aromatic N) is 1. The molecule has 0 radical (unpaired) electrons. The van der Waals surface area contributed by atoms with E-state index in [2.05, 4.69) is 4.98 Å². The van der Waals surface area contributed by atoms with Crippen LogP contribution in [0.4, 0.5) is 0 Å². The predicted molar refractivity (Wildman–Crippen MR) is 107 cm³/mol. The summed E-state index contributed by atoms with van der Waals surface area (Å²) in [5, 5.41) is 0. The summed E-state index contributed by atoms with van der Waals surface area (Å²) in [6.07, 6.45) is -1.19. The monoisotopic (exact) mass is 414 g/mol. The summed E-state index contributed by atoms with van der Waals surface area (Å²) >= 11 is 0. The van der Waals surface area contributed by atoms with Crippen LogP contribution in [0.1, 0.15) is 45.4 Å². The Kier molecular flexibility index (Phi) is 5.91. The number of fused-ring (bicyclic) bond motifs is 1. The maximum Gasteiger partial charge on any atom is 0.419 e. The van der Waals surface area contributed by atoms with Gasteiger partial charge in [0, 0.05) is 12.2 Å². The zero-order valence-corrected chi connectivity index (χ0v) is 17.1. The Morgan fingerprint density at radius 2 is 1.90 bits per heavy atom. The first-order chi connectivity index (χ1) is 14.2. The normalized spacial score (nSPS) is 12.0. The Hall–Kier alpha value is -3.62. The molecule has 1 N–H and O–H groups in total. The van der Waals surface area contributed by atoms with Crippen LogP contribution in [0.25, 0.3) is 11.1 Å². The summed E-state index contributed by atoms with van der Waals surface area (Å²) in [7, 11) is 1.26. The van der Waals surface area contributed by atoms with Gasteiger partial charge in [0.05, 0.1) is 30.3 Å². The van der Waals surface area contributed by atoms with Gasteiger partial charge in [0.25, 0.3) is 0 Å². The van der Waals surface area contributed by atoms with Crippen LogP contribution in [-0.4, -0.2) is 40.5 Å². The molecule has 0 aliphatic heterocycles. The Labute approximate surface area is 171 Å². The second-order valence-electron chi connectivity index (χ2n) is 6.85. The predicted octanol–water partition coefficient (Wildman–Crippen LogP) is 2.53. The van der Waals surface area contributed by atoms with E-state index in [0.717, 1.165) is 0 Å². The molecule has 158 valence electrons. The maximum atomic E-state index is 12.7. The van der Waals surface area contributed by atoms with Crippen molar-refractivity contribution in [1.29, 1.82) is 0 Å². The minimum absolute atomic E-state index is 0.0583. The molecule has 2 aromatic heterocycles. The lowest BCUT2D eigenvalue weighted by Crippen LogP contribution is -2.26. The van der Waals surface area contributed by atoms with Gasteiger partial charge < -0.3 is 18.9 Å². The van der Waals surface area contributed by atoms with E-state index in [1.54, 1.807) is 38.1 Å². The largest absolute Gasteiger partial charge is 0.465 e. The number of rotatable bonds is 7. The second-order valence-corrected chi connectivity index (χ2v) is 6.85. The number of aryl methyl sites for hydroxylation is 2. The van der Waals surface area contributed by atoms with Gasteiger partial charge in [-0.2, -0.15) is 0 Å². The smallest absolute Gasteiger partial charge is 0.419 e. The number of methoxy groups -OCH3 is 1. The molecule has 30 heavy (non-hydrogen) atoms. The molecule has 0 saturated carbocycles. The molecule has 0 unspecified atom stereocenters. The standard InChI is InChI=1S/C21H22N2O7/c1-11-17(20(26)28-4)12(2)22-18(11)19(25)13(3)29-16(24)9-10-23-14-7-5-6-8-15(14)30-21(23)27/h5-8,13,22H,9-10H2,1-4H3/t13-/m1/s1. The third kappa shape index (κ3) is 3.91. The van der Waals surface area contributed by atoms with Gasteiger partial charge in [0.2, 0.25) is 5.78 Å². The molecule has 0 fully saturated rings. The lowest BCUT2D eigenvalue weighted by atomic mass is 10.1. The number of aromatic nitrogens is 2. The van der Waals surface area contributed by atoms with Crippen LogP contribution >= 0.6 is 0 Å². The Morgan fingerprint density at radius 3 is 2.60 bits per heavy atom. The molecule has 2 heterocycles. The molecule has 1 aromatic carbocycles. The van der Waals surface area contributed by atoms with Crippen molar-refractivity contribution in [3.8, 4) is 0 Å². The Balaban J connectivity index is 1.67. The summed E-state index contributed by atoms with van der Waals surface area (Å²) in [5.41, 5.74) is 2.40. The zero-order valence-electron chi connectivity index (χ0n) is 17.1. The first-order valence-corrected chi connectivity index (χ1v) is 9.34. The van der Waals surface area contributed by atoms with Gasteiger partial charge in [-0.15, -0.1) is 0 Å². The fourth-order valence-electron chi connectivity index (χ4n) is 3.35. The van der Waals surface area contributed by atoms with Gasteiger partial charge >= 0.3 is 17.7 Å². The summed E-state index contributed by atoms with van der Waals surface area (Å²) < 4.78 is 16.4. The minimum atomic E-state index is -1.07. The Morgan fingerprint density at radius 1 is 1.20 bits per heavy atom. The zero-order chi connectivity index (χ0) is 22.0. The average Bonchev–Trinajstić information content (AvgIpc) is 3.20. The molecule has 0 amide bonds. The van der Waals surface area contributed by atoms with E-state index in [1.165, 1.54) is 18.6 Å². The van der Waals surface area contributed by atoms with Crippen LogP contribution in [0.3, 0.4) is 0 Å². The van der Waals surface area contributed by atoms with Gasteiger partial charge in [-0.05, 0) is 38.5 Å². The van der Waals surface area contributed by atoms with Crippen molar-refractivity contribution in [2.45, 2.75) is 39.8 Å². The van der Waals surface area contributed by atoms with Crippen molar-refractivity contribution >= 4 is 28.8 Å². The lowest BCUT2D eigenvalue weighted by molar-refractivity contribution is -0.146. The van der Waals surface area contributed by atoms with E-state index >= 15 is 0 Å². The van der Waals surface area contributed by atoms with Crippen LogP contribution in [0, 0.1) is 13.8 Å². The number of carbonyl (C=O) groups excluding carboxylic acids is 3. The summed E-state index contributed by atoms with van der Waals surface area (Å²) in [4.78, 5) is 51.7. The molecule has 3 rings (SSSR count). The van der Waals surface area contributed by atoms with Gasteiger partial charge in [-0.25, -0.2) is 9.59 Å². The fraction of sp³-hybridized carbons (Fsp3) is 0.333. The number of para-hydroxylation sites is 2. The molecule has 0 saturated heterocycles. The van der Waals surface area contributed by atoms with Gasteiger partial charge in [-0.1, -0.05) is 12.1 Å². The van der Waals surface area contributed by atoms with E-state index in [-0.39, 0.29) is 24.2 Å². The molecule has 0 aliphatic carbocycles. The number of H-pyrrole nitrogens is 1. The number of benzene rings is 1. The molecule has 0 spiro atoms. The molecular formula is C21H22N2O7. The van der Waals surface area contributed by atoms with Crippen LogP contribution in [-0.2, 0) is 20.8 Å². The Bertz CT molecular complexity index is 1180. The molecular weight excluding hydrogens is 392 g/mol. The number of ketones is 1. The van der Waals surface area contributed by atoms with Crippen LogP contribution in [0.5, 0.6) is 0 Å². The quantitative estimate of drug-likeness (QED) is 0.466. The molecule has 3 aromatic rings. The van der Waals surface area contributed by atoms with E-state index < -0.39 is 29.6 Å². The van der Waals surface area contributed by atoms with Crippen molar-refractivity contribution in [2.75, 3.05) is 7.11 Å². The number of Topliss-reactive ketones (excluding diaryl/α,β-unsaturated/α-hetero) is 1. The molecule has 0 bridgehead atoms. The SMILES string of the molecule is COC(=O)c1c(C)[nH]c(C(=O)[C@@H](C)OC(=O)CCn2c(=O)oc3ccccc32)c1C. The van der Waals surface area contributed by atoms with E-state index in [9.17, 15) is 19.2 Å². The van der Waals surface area contributed by atoms with Crippen LogP contribution in [0.15, 0.2) is 33.5 Å². The summed E-state index contributed by atoms with van der Waals surface area (Å²) in [5.74, 6) is -2.23. The number of hydrogen-bond acceptors (Lipinski definition) is 7. The van der Waals surface area contributed by atoms with Crippen LogP contribution in [0.2, 0.25) is 0 Å². The highest BCUT2D eigenvalue weighted by Gasteiger charge is 2.27. The molecule has 9 heteroatoms. The number of ether oxygens (including phenoxy) is 2. The topological polar surface area (TPSA) is 121 Å². The van der Waals surface area contributed by atoms with Crippen molar-refractivity contribution < 1.29 is 28.3 Å². The van der Waals surface area contributed by atoms with E-state index in [4.69, 9.17) is 13.9 Å². The van der Waals surface area contributed by atoms with Gasteiger partial charge in [0.15, 0.2) is 11.7 Å². The number of hydrogen-bond donors (Lipinski definition) is 1.